The lowest BCUT2D eigenvalue weighted by Gasteiger charge is -2.24. The second kappa shape index (κ2) is 6.60. The number of rotatable bonds is 5. The Morgan fingerprint density at radius 3 is 2.39 bits per heavy atom. The Balaban J connectivity index is 2.20. The molecule has 120 valence electrons. The minimum atomic E-state index is -1.38. The van der Waals surface area contributed by atoms with E-state index in [1.807, 2.05) is 0 Å². The molecule has 0 unspecified atom stereocenters. The van der Waals surface area contributed by atoms with Gasteiger partial charge in [0.15, 0.2) is 0 Å². The highest BCUT2D eigenvalue weighted by atomic mass is 19.1. The average molecular weight is 315 g/mol. The van der Waals surface area contributed by atoms with Crippen LogP contribution < -0.4 is 5.32 Å². The molecular weight excluding hydrogens is 297 g/mol. The molecule has 0 spiro atoms. The van der Waals surface area contributed by atoms with Gasteiger partial charge in [-0.15, -0.1) is 0 Å². The predicted octanol–water partition coefficient (Wildman–Crippen LogP) is 3.51. The Hall–Kier alpha value is -2.69. The molecule has 2 aromatic carbocycles. The SMILES string of the molecule is Cc1ccc(NC(=O)C[C@](C)(C(=O)O)c2ccccc2)c(F)c1. The highest BCUT2D eigenvalue weighted by molar-refractivity contribution is 5.96. The summed E-state index contributed by atoms with van der Waals surface area (Å²) in [7, 11) is 0. The molecule has 0 aromatic heterocycles. The predicted molar refractivity (Wildman–Crippen MR) is 85.8 cm³/mol. The van der Waals surface area contributed by atoms with Gasteiger partial charge in [-0.2, -0.15) is 0 Å². The molecule has 0 aliphatic rings. The van der Waals surface area contributed by atoms with E-state index in [9.17, 15) is 19.1 Å². The van der Waals surface area contributed by atoms with E-state index >= 15 is 0 Å². The summed E-state index contributed by atoms with van der Waals surface area (Å²) in [5.41, 5.74) is -0.0828. The maximum Gasteiger partial charge on any atom is 0.314 e. The van der Waals surface area contributed by atoms with Gasteiger partial charge in [0.2, 0.25) is 5.91 Å². The molecule has 2 aromatic rings. The van der Waals surface area contributed by atoms with Gasteiger partial charge in [0, 0.05) is 6.42 Å². The first-order valence-corrected chi connectivity index (χ1v) is 7.18. The fourth-order valence-corrected chi connectivity index (χ4v) is 2.34. The molecule has 23 heavy (non-hydrogen) atoms. The van der Waals surface area contributed by atoms with Crippen molar-refractivity contribution in [1.29, 1.82) is 0 Å². The number of benzene rings is 2. The van der Waals surface area contributed by atoms with Crippen LogP contribution in [0.1, 0.15) is 24.5 Å². The third-order valence-corrected chi connectivity index (χ3v) is 3.80. The highest BCUT2D eigenvalue weighted by Gasteiger charge is 2.37. The molecule has 0 saturated heterocycles. The van der Waals surface area contributed by atoms with E-state index in [1.165, 1.54) is 19.1 Å². The van der Waals surface area contributed by atoms with Crippen molar-refractivity contribution in [3.8, 4) is 0 Å². The van der Waals surface area contributed by atoms with Gasteiger partial charge in [0.1, 0.15) is 5.82 Å². The number of anilines is 1. The van der Waals surface area contributed by atoms with Crippen LogP contribution in [0.25, 0.3) is 0 Å². The molecule has 0 bridgehead atoms. The number of hydrogen-bond donors (Lipinski definition) is 2. The van der Waals surface area contributed by atoms with Gasteiger partial charge in [-0.25, -0.2) is 4.39 Å². The van der Waals surface area contributed by atoms with Crippen LogP contribution in [0.4, 0.5) is 10.1 Å². The molecule has 5 heteroatoms. The molecule has 4 nitrogen and oxygen atoms in total. The summed E-state index contributed by atoms with van der Waals surface area (Å²) in [6.07, 6.45) is -0.292. The van der Waals surface area contributed by atoms with Crippen LogP contribution in [0.5, 0.6) is 0 Å². The van der Waals surface area contributed by atoms with Crippen molar-refractivity contribution in [2.75, 3.05) is 5.32 Å². The largest absolute Gasteiger partial charge is 0.481 e. The summed E-state index contributed by atoms with van der Waals surface area (Å²) < 4.78 is 13.8. The number of carbonyl (C=O) groups excluding carboxylic acids is 1. The second-order valence-electron chi connectivity index (χ2n) is 5.71. The number of carboxylic acids is 1. The first-order valence-electron chi connectivity index (χ1n) is 7.18. The number of halogens is 1. The van der Waals surface area contributed by atoms with Gasteiger partial charge in [-0.05, 0) is 37.1 Å². The summed E-state index contributed by atoms with van der Waals surface area (Å²) in [6.45, 7) is 3.22. The smallest absolute Gasteiger partial charge is 0.314 e. The lowest BCUT2D eigenvalue weighted by atomic mass is 9.79. The number of aliphatic carboxylic acids is 1. The summed E-state index contributed by atoms with van der Waals surface area (Å²) in [6, 6.07) is 13.0. The Bertz CT molecular complexity index is 730. The summed E-state index contributed by atoms with van der Waals surface area (Å²) in [5, 5.41) is 12.0. The number of carboxylic acid groups (broad SMARTS) is 1. The Morgan fingerprint density at radius 2 is 1.83 bits per heavy atom. The quantitative estimate of drug-likeness (QED) is 0.887. The molecular formula is C18H18FNO3. The van der Waals surface area contributed by atoms with Crippen LogP contribution in [0, 0.1) is 12.7 Å². The summed E-state index contributed by atoms with van der Waals surface area (Å²) in [4.78, 5) is 23.9. The summed E-state index contributed by atoms with van der Waals surface area (Å²) >= 11 is 0. The van der Waals surface area contributed by atoms with E-state index in [-0.39, 0.29) is 12.1 Å². The van der Waals surface area contributed by atoms with Crippen LogP contribution in [0.15, 0.2) is 48.5 Å². The van der Waals surface area contributed by atoms with Crippen LogP contribution in [-0.4, -0.2) is 17.0 Å². The van der Waals surface area contributed by atoms with Crippen molar-refractivity contribution in [3.63, 3.8) is 0 Å². The minimum Gasteiger partial charge on any atom is -0.481 e. The van der Waals surface area contributed by atoms with Crippen LogP contribution in [0.2, 0.25) is 0 Å². The second-order valence-corrected chi connectivity index (χ2v) is 5.71. The maximum absolute atomic E-state index is 13.8. The van der Waals surface area contributed by atoms with E-state index in [1.54, 1.807) is 43.3 Å². The minimum absolute atomic E-state index is 0.0430. The monoisotopic (exact) mass is 315 g/mol. The van der Waals surface area contributed by atoms with Gasteiger partial charge in [0.25, 0.3) is 0 Å². The van der Waals surface area contributed by atoms with E-state index < -0.39 is 23.1 Å². The summed E-state index contributed by atoms with van der Waals surface area (Å²) in [5.74, 6) is -2.21. The topological polar surface area (TPSA) is 66.4 Å². The number of amides is 1. The van der Waals surface area contributed by atoms with Gasteiger partial charge in [-0.1, -0.05) is 36.4 Å². The Kier molecular flexibility index (Phi) is 4.79. The molecule has 0 saturated carbocycles. The number of carbonyl (C=O) groups is 2. The third-order valence-electron chi connectivity index (χ3n) is 3.80. The van der Waals surface area contributed by atoms with Crippen LogP contribution >= 0.6 is 0 Å². The zero-order valence-corrected chi connectivity index (χ0v) is 13.0. The lowest BCUT2D eigenvalue weighted by molar-refractivity contribution is -0.145. The Labute approximate surface area is 134 Å². The van der Waals surface area contributed by atoms with Crippen molar-refractivity contribution in [2.45, 2.75) is 25.7 Å². The van der Waals surface area contributed by atoms with Crippen molar-refractivity contribution in [2.24, 2.45) is 0 Å². The molecule has 1 atom stereocenters. The fraction of sp³-hybridized carbons (Fsp3) is 0.222. The molecule has 1 amide bonds. The van der Waals surface area contributed by atoms with Crippen molar-refractivity contribution < 1.29 is 19.1 Å². The normalized spacial score (nSPS) is 13.2. The maximum atomic E-state index is 13.8. The zero-order chi connectivity index (χ0) is 17.0. The standard InChI is InChI=1S/C18H18FNO3/c1-12-8-9-15(14(19)10-12)20-16(21)11-18(2,17(22)23)13-6-4-3-5-7-13/h3-10H,11H2,1-2H3,(H,20,21)(H,22,23)/t18-/m0/s1. The van der Waals surface area contributed by atoms with E-state index in [2.05, 4.69) is 5.32 Å². The highest BCUT2D eigenvalue weighted by Crippen LogP contribution is 2.29. The first-order chi connectivity index (χ1) is 10.8. The third kappa shape index (κ3) is 3.74. The van der Waals surface area contributed by atoms with Crippen LogP contribution in [-0.2, 0) is 15.0 Å². The van der Waals surface area contributed by atoms with Crippen molar-refractivity contribution >= 4 is 17.6 Å². The fourth-order valence-electron chi connectivity index (χ4n) is 2.34. The van der Waals surface area contributed by atoms with Gasteiger partial charge < -0.3 is 10.4 Å². The molecule has 2 N–H and O–H groups in total. The van der Waals surface area contributed by atoms with E-state index in [0.29, 0.717) is 5.56 Å². The number of aryl methyl sites for hydroxylation is 1. The average Bonchev–Trinajstić information content (AvgIpc) is 2.50. The lowest BCUT2D eigenvalue weighted by Crippen LogP contribution is -2.36. The van der Waals surface area contributed by atoms with Crippen molar-refractivity contribution in [1.82, 2.24) is 0 Å². The molecule has 0 aliphatic heterocycles. The molecule has 0 fully saturated rings. The number of nitrogens with one attached hydrogen (secondary N) is 1. The van der Waals surface area contributed by atoms with E-state index in [0.717, 1.165) is 5.56 Å². The van der Waals surface area contributed by atoms with Gasteiger partial charge >= 0.3 is 5.97 Å². The molecule has 0 aliphatic carbocycles. The zero-order valence-electron chi connectivity index (χ0n) is 13.0. The molecule has 2 rings (SSSR count). The molecule has 0 heterocycles. The number of hydrogen-bond acceptors (Lipinski definition) is 2. The van der Waals surface area contributed by atoms with Gasteiger partial charge in [0.05, 0.1) is 11.1 Å². The van der Waals surface area contributed by atoms with Crippen molar-refractivity contribution in [3.05, 3.63) is 65.5 Å². The first kappa shape index (κ1) is 16.7. The van der Waals surface area contributed by atoms with Gasteiger partial charge in [-0.3, -0.25) is 9.59 Å². The van der Waals surface area contributed by atoms with Crippen LogP contribution in [0.3, 0.4) is 0 Å². The Morgan fingerprint density at radius 1 is 1.17 bits per heavy atom. The molecule has 0 radical (unpaired) electrons. The van der Waals surface area contributed by atoms with E-state index in [4.69, 9.17) is 0 Å².